The fraction of sp³-hybridized carbons (Fsp3) is 0.364. The minimum absolute atomic E-state index is 0.834. The van der Waals surface area contributed by atoms with Crippen LogP contribution in [-0.4, -0.2) is 10.9 Å². The van der Waals surface area contributed by atoms with E-state index < -0.39 is 0 Å². The smallest absolute Gasteiger partial charge is 0.0870 e. The molecule has 0 fully saturated rings. The maximum absolute atomic E-state index is 8.80. The second-order valence-corrected chi connectivity index (χ2v) is 3.56. The molecule has 0 heterocycles. The number of benzene rings is 1. The zero-order chi connectivity index (χ0) is 9.26. The Morgan fingerprint density at radius 1 is 1.31 bits per heavy atom. The van der Waals surface area contributed by atoms with E-state index in [-0.39, 0.29) is 0 Å². The van der Waals surface area contributed by atoms with Crippen molar-refractivity contribution < 1.29 is 5.21 Å². The summed E-state index contributed by atoms with van der Waals surface area (Å²) in [6, 6.07) is 6.30. The van der Waals surface area contributed by atoms with Crippen LogP contribution in [0.15, 0.2) is 23.4 Å². The zero-order valence-electron chi connectivity index (χ0n) is 7.75. The number of hydrogen-bond donors (Lipinski definition) is 1. The monoisotopic (exact) mass is 175 g/mol. The van der Waals surface area contributed by atoms with Gasteiger partial charge in [-0.25, -0.2) is 0 Å². The average molecular weight is 175 g/mol. The Morgan fingerprint density at radius 2 is 2.15 bits per heavy atom. The maximum Gasteiger partial charge on any atom is 0.0870 e. The molecule has 1 aliphatic carbocycles. The van der Waals surface area contributed by atoms with Gasteiger partial charge in [0.2, 0.25) is 0 Å². The minimum Gasteiger partial charge on any atom is -0.411 e. The van der Waals surface area contributed by atoms with Crippen molar-refractivity contribution >= 4 is 5.71 Å². The van der Waals surface area contributed by atoms with Crippen molar-refractivity contribution in [3.05, 3.63) is 34.9 Å². The van der Waals surface area contributed by atoms with Gasteiger partial charge in [-0.2, -0.15) is 0 Å². The molecule has 0 bridgehead atoms. The second kappa shape index (κ2) is 3.21. The molecule has 0 atom stereocenters. The highest BCUT2D eigenvalue weighted by atomic mass is 16.4. The molecule has 0 spiro atoms. The van der Waals surface area contributed by atoms with Crippen LogP contribution in [0.5, 0.6) is 0 Å². The fourth-order valence-electron chi connectivity index (χ4n) is 1.90. The number of nitrogens with zero attached hydrogens (tertiary/aromatic N) is 1. The third-order valence-electron chi connectivity index (χ3n) is 2.55. The molecule has 0 saturated heterocycles. The number of aryl methyl sites for hydroxylation is 2. The molecule has 0 aromatic heterocycles. The first-order valence-electron chi connectivity index (χ1n) is 4.62. The lowest BCUT2D eigenvalue weighted by Crippen LogP contribution is -2.11. The van der Waals surface area contributed by atoms with Gasteiger partial charge in [-0.15, -0.1) is 0 Å². The van der Waals surface area contributed by atoms with Gasteiger partial charge in [-0.1, -0.05) is 28.9 Å². The Bertz CT molecular complexity index is 355. The molecule has 1 aromatic carbocycles. The largest absolute Gasteiger partial charge is 0.411 e. The Hall–Kier alpha value is -1.31. The van der Waals surface area contributed by atoms with Gasteiger partial charge in [0.1, 0.15) is 0 Å². The summed E-state index contributed by atoms with van der Waals surface area (Å²) in [5.41, 5.74) is 4.55. The molecule has 68 valence electrons. The van der Waals surface area contributed by atoms with Gasteiger partial charge in [0.25, 0.3) is 0 Å². The van der Waals surface area contributed by atoms with Crippen molar-refractivity contribution in [2.75, 3.05) is 0 Å². The van der Waals surface area contributed by atoms with Gasteiger partial charge in [-0.3, -0.25) is 0 Å². The molecule has 0 amide bonds. The van der Waals surface area contributed by atoms with Gasteiger partial charge in [-0.05, 0) is 31.7 Å². The Morgan fingerprint density at radius 3 is 2.92 bits per heavy atom. The van der Waals surface area contributed by atoms with Crippen LogP contribution in [0.2, 0.25) is 0 Å². The normalized spacial score (nSPS) is 18.7. The summed E-state index contributed by atoms with van der Waals surface area (Å²) in [6.07, 6.45) is 3.10. The molecular weight excluding hydrogens is 162 g/mol. The number of rotatable bonds is 0. The van der Waals surface area contributed by atoms with E-state index in [1.807, 2.05) is 0 Å². The topological polar surface area (TPSA) is 32.6 Å². The Labute approximate surface area is 77.9 Å². The summed E-state index contributed by atoms with van der Waals surface area (Å²) >= 11 is 0. The lowest BCUT2D eigenvalue weighted by Gasteiger charge is -2.16. The van der Waals surface area contributed by atoms with Crippen LogP contribution < -0.4 is 0 Å². The van der Waals surface area contributed by atoms with Crippen LogP contribution in [0.4, 0.5) is 0 Å². The molecule has 2 rings (SSSR count). The second-order valence-electron chi connectivity index (χ2n) is 3.56. The zero-order valence-corrected chi connectivity index (χ0v) is 7.75. The highest BCUT2D eigenvalue weighted by molar-refractivity contribution is 6.02. The van der Waals surface area contributed by atoms with Crippen LogP contribution in [0.1, 0.15) is 29.5 Å². The van der Waals surface area contributed by atoms with Crippen LogP contribution >= 0.6 is 0 Å². The van der Waals surface area contributed by atoms with Crippen molar-refractivity contribution in [3.63, 3.8) is 0 Å². The molecule has 0 saturated carbocycles. The summed E-state index contributed by atoms with van der Waals surface area (Å²) in [6.45, 7) is 2.09. The first kappa shape index (κ1) is 8.30. The quantitative estimate of drug-likeness (QED) is 0.477. The van der Waals surface area contributed by atoms with E-state index in [2.05, 4.69) is 30.3 Å². The van der Waals surface area contributed by atoms with Crippen molar-refractivity contribution in [1.82, 2.24) is 0 Å². The molecule has 0 aliphatic heterocycles. The van der Waals surface area contributed by atoms with Crippen molar-refractivity contribution in [2.24, 2.45) is 5.16 Å². The van der Waals surface area contributed by atoms with Gasteiger partial charge < -0.3 is 5.21 Å². The Balaban J connectivity index is 2.52. The lowest BCUT2D eigenvalue weighted by molar-refractivity contribution is 0.317. The number of hydrogen-bond acceptors (Lipinski definition) is 2. The molecule has 1 N–H and O–H groups in total. The van der Waals surface area contributed by atoms with Crippen molar-refractivity contribution in [3.8, 4) is 0 Å². The summed E-state index contributed by atoms with van der Waals surface area (Å²) in [5.74, 6) is 0. The number of fused-ring (bicyclic) bond motifs is 1. The van der Waals surface area contributed by atoms with E-state index in [1.54, 1.807) is 0 Å². The SMILES string of the molecule is Cc1ccc2c(c1)CCC/C2=N\O. The fourth-order valence-corrected chi connectivity index (χ4v) is 1.90. The molecule has 2 heteroatoms. The predicted octanol–water partition coefficient (Wildman–Crippen LogP) is 2.51. The van der Waals surface area contributed by atoms with E-state index in [1.165, 1.54) is 11.1 Å². The van der Waals surface area contributed by atoms with Gasteiger partial charge >= 0.3 is 0 Å². The summed E-state index contributed by atoms with van der Waals surface area (Å²) < 4.78 is 0. The Kier molecular flexibility index (Phi) is 2.05. The van der Waals surface area contributed by atoms with E-state index in [4.69, 9.17) is 5.21 Å². The molecule has 13 heavy (non-hydrogen) atoms. The summed E-state index contributed by atoms with van der Waals surface area (Å²) in [7, 11) is 0. The van der Waals surface area contributed by atoms with Crippen LogP contribution in [-0.2, 0) is 6.42 Å². The standard InChI is InChI=1S/C11H13NO/c1-8-5-6-10-9(7-8)3-2-4-11(10)12-13/h5-7,13H,2-4H2,1H3/b12-11+. The minimum atomic E-state index is 0.834. The van der Waals surface area contributed by atoms with Gasteiger partial charge in [0.05, 0.1) is 5.71 Å². The van der Waals surface area contributed by atoms with E-state index in [0.29, 0.717) is 0 Å². The highest BCUT2D eigenvalue weighted by Crippen LogP contribution is 2.22. The summed E-state index contributed by atoms with van der Waals surface area (Å²) in [4.78, 5) is 0. The third-order valence-corrected chi connectivity index (χ3v) is 2.55. The first-order chi connectivity index (χ1) is 6.31. The van der Waals surface area contributed by atoms with Crippen LogP contribution in [0, 0.1) is 6.92 Å². The first-order valence-corrected chi connectivity index (χ1v) is 4.62. The molecule has 0 radical (unpaired) electrons. The van der Waals surface area contributed by atoms with Crippen molar-refractivity contribution in [2.45, 2.75) is 26.2 Å². The third kappa shape index (κ3) is 1.44. The lowest BCUT2D eigenvalue weighted by atomic mass is 9.89. The van der Waals surface area contributed by atoms with Gasteiger partial charge in [0.15, 0.2) is 0 Å². The average Bonchev–Trinajstić information content (AvgIpc) is 2.16. The van der Waals surface area contributed by atoms with E-state index in [9.17, 15) is 0 Å². The molecule has 0 unspecified atom stereocenters. The van der Waals surface area contributed by atoms with Crippen LogP contribution in [0.3, 0.4) is 0 Å². The molecule has 1 aliphatic rings. The van der Waals surface area contributed by atoms with E-state index >= 15 is 0 Å². The van der Waals surface area contributed by atoms with Crippen LogP contribution in [0.25, 0.3) is 0 Å². The molecular formula is C11H13NO. The van der Waals surface area contributed by atoms with Crippen molar-refractivity contribution in [1.29, 1.82) is 0 Å². The predicted molar refractivity (Wildman–Crippen MR) is 52.4 cm³/mol. The molecule has 2 nitrogen and oxygen atoms in total. The molecule has 1 aromatic rings. The van der Waals surface area contributed by atoms with E-state index in [0.717, 1.165) is 30.5 Å². The maximum atomic E-state index is 8.80. The summed E-state index contributed by atoms with van der Waals surface area (Å²) in [5, 5.41) is 12.1. The van der Waals surface area contributed by atoms with Gasteiger partial charge in [0, 0.05) is 5.56 Å². The highest BCUT2D eigenvalue weighted by Gasteiger charge is 2.15. The number of oxime groups is 1.